The number of thioether (sulfide) groups is 1. The summed E-state index contributed by atoms with van der Waals surface area (Å²) in [6, 6.07) is -0.651. The molecule has 10 heteroatoms. The average molecular weight is 500 g/mol. The van der Waals surface area contributed by atoms with Gasteiger partial charge in [0.05, 0.1) is 18.6 Å². The lowest BCUT2D eigenvalue weighted by Crippen LogP contribution is -2.59. The fraction of sp³-hybridized carbons (Fsp3) is 0.440. The molecule has 0 radical (unpaired) electrons. The minimum Gasteiger partial charge on any atom is -0.496 e. The summed E-state index contributed by atoms with van der Waals surface area (Å²) in [5, 5.41) is 9.36. The van der Waals surface area contributed by atoms with Crippen molar-refractivity contribution in [3.63, 3.8) is 0 Å². The SMILES string of the molecule is COC1=C(CCN2C(=O)N(C(C)(C)C(=O)O)C(=O)C3=C[C@@H]2SC(C2=NCCO2)=C3C)C=CCC=C1. The number of carboxylic acid groups (broad SMARTS) is 1. The van der Waals surface area contributed by atoms with Gasteiger partial charge in [0, 0.05) is 12.1 Å². The van der Waals surface area contributed by atoms with Crippen LogP contribution in [0.4, 0.5) is 4.79 Å². The molecule has 0 aromatic carbocycles. The van der Waals surface area contributed by atoms with Crippen LogP contribution in [-0.2, 0) is 19.1 Å². The van der Waals surface area contributed by atoms with Crippen molar-refractivity contribution in [1.29, 1.82) is 0 Å². The lowest BCUT2D eigenvalue weighted by molar-refractivity contribution is -0.152. The van der Waals surface area contributed by atoms with Crippen molar-refractivity contribution in [2.45, 2.75) is 44.5 Å². The van der Waals surface area contributed by atoms with Gasteiger partial charge in [0.15, 0.2) is 0 Å². The number of methoxy groups -OCH3 is 1. The zero-order valence-corrected chi connectivity index (χ0v) is 21.1. The highest BCUT2D eigenvalue weighted by atomic mass is 32.2. The molecule has 2 bridgehead atoms. The molecule has 0 aromatic rings. The van der Waals surface area contributed by atoms with Crippen LogP contribution < -0.4 is 0 Å². The fourth-order valence-corrected chi connectivity index (χ4v) is 5.54. The van der Waals surface area contributed by atoms with Gasteiger partial charge in [-0.3, -0.25) is 4.79 Å². The average Bonchev–Trinajstić information content (AvgIpc) is 3.22. The minimum atomic E-state index is -1.75. The summed E-state index contributed by atoms with van der Waals surface area (Å²) in [7, 11) is 1.60. The lowest BCUT2D eigenvalue weighted by Gasteiger charge is -2.37. The summed E-state index contributed by atoms with van der Waals surface area (Å²) >= 11 is 1.38. The van der Waals surface area contributed by atoms with E-state index in [1.54, 1.807) is 25.0 Å². The Bertz CT molecular complexity index is 1140. The van der Waals surface area contributed by atoms with Gasteiger partial charge >= 0.3 is 12.0 Å². The summed E-state index contributed by atoms with van der Waals surface area (Å²) < 4.78 is 11.2. The number of carboxylic acids is 1. The molecule has 1 N–H and O–H groups in total. The second kappa shape index (κ2) is 9.77. The second-order valence-corrected chi connectivity index (χ2v) is 10.1. The number of carbonyl (C=O) groups excluding carboxylic acids is 2. The first-order chi connectivity index (χ1) is 16.7. The molecule has 35 heavy (non-hydrogen) atoms. The topological polar surface area (TPSA) is 109 Å². The standard InChI is InChI=1S/C25H29N3O6S/c1-15-17-14-19(35-20(15)21-26-11-13-34-21)27(12-10-16-8-6-5-7-9-18(16)33-4)24(32)28(22(17)29)25(2,3)23(30)31/h6-9,14,19H,5,10-13H2,1-4H3,(H,30,31)/t19-/m0/s1. The molecule has 0 spiro atoms. The van der Waals surface area contributed by atoms with E-state index in [2.05, 4.69) is 4.99 Å². The highest BCUT2D eigenvalue weighted by Gasteiger charge is 2.49. The van der Waals surface area contributed by atoms with Crippen LogP contribution in [0.15, 0.2) is 62.8 Å². The number of urea groups is 1. The van der Waals surface area contributed by atoms with Gasteiger partial charge in [-0.05, 0) is 56.9 Å². The van der Waals surface area contributed by atoms with E-state index in [0.717, 1.165) is 16.9 Å². The molecular weight excluding hydrogens is 470 g/mol. The molecule has 4 aliphatic rings. The summed E-state index contributed by atoms with van der Waals surface area (Å²) in [6.07, 6.45) is 10.8. The number of amides is 3. The van der Waals surface area contributed by atoms with Crippen molar-refractivity contribution in [3.8, 4) is 0 Å². The molecule has 3 aliphatic heterocycles. The second-order valence-electron chi connectivity index (χ2n) is 8.94. The van der Waals surface area contributed by atoms with Crippen LogP contribution in [0.2, 0.25) is 0 Å². The van der Waals surface area contributed by atoms with E-state index >= 15 is 0 Å². The number of allylic oxidation sites excluding steroid dienone is 4. The Morgan fingerprint density at radius 2 is 2.06 bits per heavy atom. The number of hydrogen-bond acceptors (Lipinski definition) is 7. The van der Waals surface area contributed by atoms with E-state index in [1.807, 2.05) is 24.3 Å². The summed E-state index contributed by atoms with van der Waals surface area (Å²) in [5.41, 5.74) is 0.0772. The number of aliphatic carboxylic acids is 1. The minimum absolute atomic E-state index is 0.250. The Morgan fingerprint density at radius 1 is 1.31 bits per heavy atom. The van der Waals surface area contributed by atoms with Crippen LogP contribution in [-0.4, -0.2) is 76.4 Å². The molecule has 9 nitrogen and oxygen atoms in total. The number of nitrogens with zero attached hydrogens (tertiary/aromatic N) is 3. The van der Waals surface area contributed by atoms with E-state index in [9.17, 15) is 19.5 Å². The molecule has 3 heterocycles. The summed E-state index contributed by atoms with van der Waals surface area (Å²) in [6.45, 7) is 5.73. The smallest absolute Gasteiger partial charge is 0.329 e. The number of rotatable bonds is 7. The van der Waals surface area contributed by atoms with E-state index in [4.69, 9.17) is 9.47 Å². The zero-order valence-electron chi connectivity index (χ0n) is 20.2. The van der Waals surface area contributed by atoms with Gasteiger partial charge in [0.2, 0.25) is 5.90 Å². The van der Waals surface area contributed by atoms with Gasteiger partial charge in [0.25, 0.3) is 5.91 Å². The molecule has 3 amide bonds. The molecule has 0 saturated carbocycles. The Morgan fingerprint density at radius 3 is 2.71 bits per heavy atom. The van der Waals surface area contributed by atoms with Gasteiger partial charge in [-0.25, -0.2) is 19.5 Å². The fourth-order valence-electron chi connectivity index (χ4n) is 4.26. The predicted molar refractivity (Wildman–Crippen MR) is 133 cm³/mol. The first kappa shape index (κ1) is 24.8. The first-order valence-electron chi connectivity index (χ1n) is 11.4. The zero-order chi connectivity index (χ0) is 25.3. The van der Waals surface area contributed by atoms with Gasteiger partial charge in [0.1, 0.15) is 23.3 Å². The molecule has 4 rings (SSSR count). The third-order valence-corrected chi connectivity index (χ3v) is 7.70. The number of aliphatic imine (C=N–C) groups is 1. The molecule has 0 unspecified atom stereocenters. The number of ether oxygens (including phenoxy) is 2. The monoisotopic (exact) mass is 499 g/mol. The largest absolute Gasteiger partial charge is 0.496 e. The van der Waals surface area contributed by atoms with Crippen LogP contribution in [0, 0.1) is 0 Å². The quantitative estimate of drug-likeness (QED) is 0.570. The normalized spacial score (nSPS) is 22.7. The van der Waals surface area contributed by atoms with Gasteiger partial charge in [-0.1, -0.05) is 30.0 Å². The molecular formula is C25H29N3O6S. The van der Waals surface area contributed by atoms with E-state index in [1.165, 1.54) is 25.6 Å². The molecule has 1 aliphatic carbocycles. The number of fused-ring (bicyclic) bond motifs is 1. The van der Waals surface area contributed by atoms with Crippen molar-refractivity contribution < 1.29 is 29.0 Å². The van der Waals surface area contributed by atoms with E-state index < -0.39 is 28.8 Å². The predicted octanol–water partition coefficient (Wildman–Crippen LogP) is 3.62. The van der Waals surface area contributed by atoms with Crippen LogP contribution in [0.1, 0.15) is 33.6 Å². The van der Waals surface area contributed by atoms with Gasteiger partial charge in [-0.15, -0.1) is 0 Å². The summed E-state index contributed by atoms with van der Waals surface area (Å²) in [5.74, 6) is -0.749. The van der Waals surface area contributed by atoms with Crippen molar-refractivity contribution in [1.82, 2.24) is 9.80 Å². The number of hydrogen-bond donors (Lipinski definition) is 1. The molecule has 0 saturated heterocycles. The maximum atomic E-state index is 13.8. The third kappa shape index (κ3) is 4.54. The van der Waals surface area contributed by atoms with Crippen LogP contribution in [0.25, 0.3) is 0 Å². The number of carbonyl (C=O) groups is 3. The first-order valence-corrected chi connectivity index (χ1v) is 12.3. The highest BCUT2D eigenvalue weighted by molar-refractivity contribution is 8.04. The van der Waals surface area contributed by atoms with Gasteiger partial charge < -0.3 is 19.5 Å². The van der Waals surface area contributed by atoms with E-state index in [0.29, 0.717) is 47.3 Å². The van der Waals surface area contributed by atoms with Gasteiger partial charge in [-0.2, -0.15) is 0 Å². The van der Waals surface area contributed by atoms with Crippen molar-refractivity contribution in [3.05, 3.63) is 57.8 Å². The van der Waals surface area contributed by atoms with Crippen LogP contribution in [0.3, 0.4) is 0 Å². The maximum Gasteiger partial charge on any atom is 0.329 e. The lowest BCUT2D eigenvalue weighted by atomic mass is 9.99. The van der Waals surface area contributed by atoms with Crippen LogP contribution >= 0.6 is 11.8 Å². The highest BCUT2D eigenvalue weighted by Crippen LogP contribution is 2.42. The third-order valence-electron chi connectivity index (χ3n) is 6.35. The Kier molecular flexibility index (Phi) is 6.93. The molecule has 186 valence electrons. The summed E-state index contributed by atoms with van der Waals surface area (Å²) in [4.78, 5) is 47.1. The Hall–Kier alpha value is -3.27. The van der Waals surface area contributed by atoms with Crippen molar-refractivity contribution in [2.24, 2.45) is 4.99 Å². The van der Waals surface area contributed by atoms with E-state index in [-0.39, 0.29) is 6.54 Å². The molecule has 0 fully saturated rings. The Balaban J connectivity index is 1.76. The van der Waals surface area contributed by atoms with Crippen LogP contribution in [0.5, 0.6) is 0 Å². The number of imide groups is 1. The molecule has 0 aromatic heterocycles. The van der Waals surface area contributed by atoms with Crippen molar-refractivity contribution in [2.75, 3.05) is 26.8 Å². The maximum absolute atomic E-state index is 13.8. The molecule has 1 atom stereocenters. The Labute approximate surface area is 208 Å². The van der Waals surface area contributed by atoms with Crippen molar-refractivity contribution >= 4 is 35.6 Å².